The van der Waals surface area contributed by atoms with Gasteiger partial charge in [0.1, 0.15) is 0 Å². The molecule has 19 heavy (non-hydrogen) atoms. The van der Waals surface area contributed by atoms with Gasteiger partial charge < -0.3 is 5.32 Å². The Labute approximate surface area is 123 Å². The number of nitrogens with zero attached hydrogens (tertiary/aromatic N) is 1. The predicted molar refractivity (Wildman–Crippen MR) is 83.4 cm³/mol. The van der Waals surface area contributed by atoms with Crippen LogP contribution in [0.25, 0.3) is 11.3 Å². The van der Waals surface area contributed by atoms with Crippen LogP contribution in [0.4, 0.5) is 5.69 Å². The molecule has 96 valence electrons. The molecule has 2 aromatic heterocycles. The number of thiophene rings is 1. The van der Waals surface area contributed by atoms with Crippen LogP contribution < -0.4 is 5.32 Å². The molecule has 0 radical (unpaired) electrons. The summed E-state index contributed by atoms with van der Waals surface area (Å²) < 4.78 is 1.17. The Bertz CT molecular complexity index is 644. The van der Waals surface area contributed by atoms with Gasteiger partial charge in [0.25, 0.3) is 0 Å². The Morgan fingerprint density at radius 3 is 2.58 bits per heavy atom. The highest BCUT2D eigenvalue weighted by Crippen LogP contribution is 2.23. The van der Waals surface area contributed by atoms with Gasteiger partial charge in [-0.3, -0.25) is 5.10 Å². The van der Waals surface area contributed by atoms with E-state index in [1.54, 1.807) is 17.5 Å². The maximum absolute atomic E-state index is 3.96. The van der Waals surface area contributed by atoms with Crippen LogP contribution in [0.1, 0.15) is 4.88 Å². The normalized spacial score (nSPS) is 10.6. The third-order valence-electron chi connectivity index (χ3n) is 2.79. The van der Waals surface area contributed by atoms with Crippen molar-refractivity contribution in [1.82, 2.24) is 10.2 Å². The molecule has 0 unspecified atom stereocenters. The number of hydrogen-bond acceptors (Lipinski definition) is 3. The fourth-order valence-electron chi connectivity index (χ4n) is 1.82. The molecule has 0 bridgehead atoms. The lowest BCUT2D eigenvalue weighted by molar-refractivity contribution is 1.09. The molecule has 0 amide bonds. The van der Waals surface area contributed by atoms with Crippen LogP contribution in [0.2, 0.25) is 0 Å². The number of nitrogens with one attached hydrogen (secondary N) is 2. The highest BCUT2D eigenvalue weighted by atomic mass is 79.9. The molecule has 0 atom stereocenters. The van der Waals surface area contributed by atoms with Gasteiger partial charge in [0, 0.05) is 23.3 Å². The molecule has 0 spiro atoms. The van der Waals surface area contributed by atoms with Crippen molar-refractivity contribution in [3.63, 3.8) is 0 Å². The highest BCUT2D eigenvalue weighted by molar-refractivity contribution is 9.11. The van der Waals surface area contributed by atoms with Crippen LogP contribution in [0.15, 0.2) is 52.4 Å². The van der Waals surface area contributed by atoms with E-state index in [0.717, 1.165) is 23.5 Å². The van der Waals surface area contributed by atoms with Gasteiger partial charge >= 0.3 is 0 Å². The van der Waals surface area contributed by atoms with Gasteiger partial charge in [0.2, 0.25) is 0 Å². The summed E-state index contributed by atoms with van der Waals surface area (Å²) in [7, 11) is 0. The molecule has 5 heteroatoms. The molecule has 0 aliphatic heterocycles. The zero-order valence-corrected chi connectivity index (χ0v) is 12.5. The molecule has 0 saturated carbocycles. The van der Waals surface area contributed by atoms with Crippen LogP contribution in [0, 0.1) is 0 Å². The number of benzene rings is 1. The number of anilines is 1. The smallest absolute Gasteiger partial charge is 0.0702 e. The number of halogens is 1. The van der Waals surface area contributed by atoms with E-state index in [9.17, 15) is 0 Å². The summed E-state index contributed by atoms with van der Waals surface area (Å²) in [4.78, 5) is 1.31. The minimum absolute atomic E-state index is 0.847. The second kappa shape index (κ2) is 5.59. The monoisotopic (exact) mass is 333 g/mol. The van der Waals surface area contributed by atoms with Crippen LogP contribution >= 0.6 is 27.3 Å². The van der Waals surface area contributed by atoms with Crippen molar-refractivity contribution in [3.05, 3.63) is 57.3 Å². The number of rotatable bonds is 4. The molecule has 3 rings (SSSR count). The highest BCUT2D eigenvalue weighted by Gasteiger charge is 2.00. The van der Waals surface area contributed by atoms with E-state index >= 15 is 0 Å². The van der Waals surface area contributed by atoms with E-state index in [2.05, 4.69) is 67.8 Å². The lowest BCUT2D eigenvalue weighted by Crippen LogP contribution is -1.96. The molecule has 3 nitrogen and oxygen atoms in total. The molecule has 2 N–H and O–H groups in total. The van der Waals surface area contributed by atoms with Gasteiger partial charge in [0.15, 0.2) is 0 Å². The van der Waals surface area contributed by atoms with Crippen molar-refractivity contribution in [2.75, 3.05) is 5.32 Å². The summed E-state index contributed by atoms with van der Waals surface area (Å²) in [5, 5.41) is 10.3. The first-order chi connectivity index (χ1) is 9.31. The second-order valence-corrected chi connectivity index (χ2v) is 6.65. The zero-order chi connectivity index (χ0) is 13.1. The Kier molecular flexibility index (Phi) is 3.66. The Balaban J connectivity index is 1.66. The zero-order valence-electron chi connectivity index (χ0n) is 10.1. The topological polar surface area (TPSA) is 40.7 Å². The average molecular weight is 334 g/mol. The van der Waals surface area contributed by atoms with E-state index in [4.69, 9.17) is 0 Å². The molecule has 1 aromatic carbocycles. The van der Waals surface area contributed by atoms with Gasteiger partial charge in [-0.2, -0.15) is 5.10 Å². The Morgan fingerprint density at radius 2 is 1.95 bits per heavy atom. The van der Waals surface area contributed by atoms with Crippen LogP contribution in [-0.2, 0) is 6.54 Å². The first-order valence-electron chi connectivity index (χ1n) is 5.89. The summed E-state index contributed by atoms with van der Waals surface area (Å²) >= 11 is 5.22. The van der Waals surface area contributed by atoms with E-state index in [1.165, 1.54) is 8.66 Å². The molecular weight excluding hydrogens is 322 g/mol. The largest absolute Gasteiger partial charge is 0.380 e. The maximum Gasteiger partial charge on any atom is 0.0702 e. The molecule has 2 heterocycles. The van der Waals surface area contributed by atoms with Crippen LogP contribution in [-0.4, -0.2) is 10.2 Å². The van der Waals surface area contributed by atoms with Crippen LogP contribution in [0.5, 0.6) is 0 Å². The van der Waals surface area contributed by atoms with Gasteiger partial charge in [0.05, 0.1) is 9.48 Å². The molecular formula is C14H12BrN3S. The summed E-state index contributed by atoms with van der Waals surface area (Å²) in [6.45, 7) is 0.847. The molecule has 0 aliphatic carbocycles. The fourth-order valence-corrected chi connectivity index (χ4v) is 3.24. The third-order valence-corrected chi connectivity index (χ3v) is 4.42. The number of hydrogen-bond donors (Lipinski definition) is 2. The third kappa shape index (κ3) is 3.05. The molecule has 0 fully saturated rings. The van der Waals surface area contributed by atoms with Crippen molar-refractivity contribution in [1.29, 1.82) is 0 Å². The molecule has 3 aromatic rings. The average Bonchev–Trinajstić information content (AvgIpc) is 3.08. The maximum atomic E-state index is 3.96. The Morgan fingerprint density at radius 1 is 1.11 bits per heavy atom. The van der Waals surface area contributed by atoms with E-state index in [0.29, 0.717) is 0 Å². The SMILES string of the molecule is Brc1ccc(CNc2ccc(-c3ccn[nH]3)cc2)s1. The number of H-pyrrole nitrogens is 1. The molecule has 0 saturated heterocycles. The quantitative estimate of drug-likeness (QED) is 0.737. The predicted octanol–water partition coefficient (Wildman–Crippen LogP) is 4.51. The summed E-state index contributed by atoms with van der Waals surface area (Å²) in [5.41, 5.74) is 3.29. The van der Waals surface area contributed by atoms with E-state index in [-0.39, 0.29) is 0 Å². The van der Waals surface area contributed by atoms with E-state index < -0.39 is 0 Å². The first-order valence-corrected chi connectivity index (χ1v) is 7.50. The summed E-state index contributed by atoms with van der Waals surface area (Å²) in [6, 6.07) is 14.5. The van der Waals surface area contributed by atoms with Crippen molar-refractivity contribution in [3.8, 4) is 11.3 Å². The van der Waals surface area contributed by atoms with Crippen molar-refractivity contribution in [2.24, 2.45) is 0 Å². The minimum Gasteiger partial charge on any atom is -0.380 e. The Hall–Kier alpha value is -1.59. The second-order valence-electron chi connectivity index (χ2n) is 4.11. The first kappa shape index (κ1) is 12.4. The van der Waals surface area contributed by atoms with E-state index in [1.807, 2.05) is 6.07 Å². The van der Waals surface area contributed by atoms with Crippen molar-refractivity contribution in [2.45, 2.75) is 6.54 Å². The van der Waals surface area contributed by atoms with Gasteiger partial charge in [-0.25, -0.2) is 0 Å². The fraction of sp³-hybridized carbons (Fsp3) is 0.0714. The number of aromatic nitrogens is 2. The molecule has 0 aliphatic rings. The summed E-state index contributed by atoms with van der Waals surface area (Å²) in [6.07, 6.45) is 1.76. The number of aromatic amines is 1. The van der Waals surface area contributed by atoms with Gasteiger partial charge in [-0.1, -0.05) is 12.1 Å². The summed E-state index contributed by atoms with van der Waals surface area (Å²) in [5.74, 6) is 0. The van der Waals surface area contributed by atoms with Gasteiger partial charge in [-0.15, -0.1) is 11.3 Å². The lowest BCUT2D eigenvalue weighted by Gasteiger charge is -2.05. The van der Waals surface area contributed by atoms with Crippen molar-refractivity contribution >= 4 is 33.0 Å². The lowest BCUT2D eigenvalue weighted by atomic mass is 10.1. The van der Waals surface area contributed by atoms with Gasteiger partial charge in [-0.05, 0) is 51.8 Å². The van der Waals surface area contributed by atoms with Crippen LogP contribution in [0.3, 0.4) is 0 Å². The minimum atomic E-state index is 0.847. The van der Waals surface area contributed by atoms with Crippen molar-refractivity contribution < 1.29 is 0 Å². The standard InChI is InChI=1S/C14H12BrN3S/c15-14-6-5-12(19-14)9-16-11-3-1-10(2-4-11)13-7-8-17-18-13/h1-8,16H,9H2,(H,17,18).